The Morgan fingerprint density at radius 1 is 1.44 bits per heavy atom. The van der Waals surface area contributed by atoms with Gasteiger partial charge < -0.3 is 4.52 Å². The second-order valence-electron chi connectivity index (χ2n) is 3.72. The summed E-state index contributed by atoms with van der Waals surface area (Å²) in [6.07, 6.45) is 0. The molecule has 1 heterocycles. The molecule has 0 fully saturated rings. The third-order valence-corrected chi connectivity index (χ3v) is 2.67. The molecule has 94 valence electrons. The molecule has 2 N–H and O–H groups in total. The Balaban J connectivity index is 1.86. The Bertz CT molecular complexity index is 554. The van der Waals surface area contributed by atoms with Gasteiger partial charge in [0.05, 0.1) is 0 Å². The quantitative estimate of drug-likeness (QED) is 0.831. The molecule has 2 rings (SSSR count). The average molecular weight is 266 g/mol. The summed E-state index contributed by atoms with van der Waals surface area (Å²) in [4.78, 5) is 11.6. The first-order chi connectivity index (χ1) is 8.66. The maximum Gasteiger partial charge on any atom is 0.287 e. The Morgan fingerprint density at radius 3 is 2.89 bits per heavy atom. The molecule has 5 nitrogen and oxygen atoms in total. The highest BCUT2D eigenvalue weighted by Crippen LogP contribution is 2.13. The molecule has 0 aliphatic rings. The second-order valence-corrected chi connectivity index (χ2v) is 4.13. The molecule has 2 aromatic rings. The molecular weight excluding hydrogens is 254 g/mol. The van der Waals surface area contributed by atoms with Crippen LogP contribution in [0.2, 0.25) is 5.02 Å². The van der Waals surface area contributed by atoms with Gasteiger partial charge in [0.2, 0.25) is 0 Å². The number of aryl methyl sites for hydroxylation is 1. The fourth-order valence-electron chi connectivity index (χ4n) is 1.40. The summed E-state index contributed by atoms with van der Waals surface area (Å²) in [6.45, 7) is 2.16. The predicted molar refractivity (Wildman–Crippen MR) is 67.0 cm³/mol. The minimum absolute atomic E-state index is 0.235. The molecule has 0 saturated heterocycles. The molecule has 0 radical (unpaired) electrons. The highest BCUT2D eigenvalue weighted by molar-refractivity contribution is 6.31. The van der Waals surface area contributed by atoms with Crippen molar-refractivity contribution in [1.82, 2.24) is 16.0 Å². The van der Waals surface area contributed by atoms with Crippen LogP contribution in [-0.2, 0) is 6.54 Å². The fraction of sp³-hybridized carbons (Fsp3) is 0.167. The van der Waals surface area contributed by atoms with E-state index in [-0.39, 0.29) is 11.6 Å². The molecule has 6 heteroatoms. The van der Waals surface area contributed by atoms with Gasteiger partial charge in [0, 0.05) is 17.6 Å². The van der Waals surface area contributed by atoms with Gasteiger partial charge in [-0.25, -0.2) is 5.43 Å². The summed E-state index contributed by atoms with van der Waals surface area (Å²) in [5, 5.41) is 4.26. The molecule has 0 aliphatic carbocycles. The second kappa shape index (κ2) is 5.66. The van der Waals surface area contributed by atoms with Crippen LogP contribution in [0.5, 0.6) is 0 Å². The molecule has 18 heavy (non-hydrogen) atoms. The summed E-state index contributed by atoms with van der Waals surface area (Å²) in [6, 6.07) is 8.96. The molecule has 0 spiro atoms. The number of carbonyl (C=O) groups is 1. The molecule has 0 bridgehead atoms. The van der Waals surface area contributed by atoms with E-state index < -0.39 is 0 Å². The summed E-state index contributed by atoms with van der Waals surface area (Å²) in [5.41, 5.74) is 6.44. The minimum atomic E-state index is -0.348. The zero-order valence-electron chi connectivity index (χ0n) is 9.74. The topological polar surface area (TPSA) is 67.2 Å². The Morgan fingerprint density at radius 2 is 2.22 bits per heavy atom. The van der Waals surface area contributed by atoms with Gasteiger partial charge in [-0.3, -0.25) is 10.2 Å². The van der Waals surface area contributed by atoms with Gasteiger partial charge in [-0.15, -0.1) is 0 Å². The van der Waals surface area contributed by atoms with Crippen molar-refractivity contribution in [2.45, 2.75) is 13.5 Å². The van der Waals surface area contributed by atoms with E-state index in [0.717, 1.165) is 5.56 Å². The van der Waals surface area contributed by atoms with Crippen LogP contribution >= 0.6 is 11.6 Å². The standard InChI is InChI=1S/C12H12ClN3O2/c1-8-6-11(16-18-8)12(17)15-14-7-9-4-2-3-5-10(9)13/h2-6,14H,7H2,1H3,(H,15,17). The van der Waals surface area contributed by atoms with Crippen LogP contribution in [0.4, 0.5) is 0 Å². The molecular formula is C12H12ClN3O2. The number of hydrogen-bond acceptors (Lipinski definition) is 4. The van der Waals surface area contributed by atoms with E-state index in [4.69, 9.17) is 16.1 Å². The first-order valence-corrected chi connectivity index (χ1v) is 5.74. The molecule has 1 aromatic carbocycles. The van der Waals surface area contributed by atoms with Gasteiger partial charge in [0.25, 0.3) is 5.91 Å². The lowest BCUT2D eigenvalue weighted by Crippen LogP contribution is -2.37. The zero-order chi connectivity index (χ0) is 13.0. The number of hydrogen-bond donors (Lipinski definition) is 2. The first kappa shape index (κ1) is 12.6. The van der Waals surface area contributed by atoms with Crippen molar-refractivity contribution in [2.75, 3.05) is 0 Å². The third kappa shape index (κ3) is 3.09. The number of aromatic nitrogens is 1. The third-order valence-electron chi connectivity index (χ3n) is 2.30. The molecule has 0 aliphatic heterocycles. The highest BCUT2D eigenvalue weighted by atomic mass is 35.5. The van der Waals surface area contributed by atoms with Crippen molar-refractivity contribution in [3.8, 4) is 0 Å². The van der Waals surface area contributed by atoms with Crippen LogP contribution in [0.15, 0.2) is 34.9 Å². The van der Waals surface area contributed by atoms with Crippen molar-refractivity contribution < 1.29 is 9.32 Å². The highest BCUT2D eigenvalue weighted by Gasteiger charge is 2.09. The molecule has 0 atom stereocenters. The monoisotopic (exact) mass is 265 g/mol. The maximum absolute atomic E-state index is 11.6. The first-order valence-electron chi connectivity index (χ1n) is 5.37. The van der Waals surface area contributed by atoms with Crippen molar-refractivity contribution in [1.29, 1.82) is 0 Å². The van der Waals surface area contributed by atoms with Gasteiger partial charge in [0.1, 0.15) is 5.76 Å². The van der Waals surface area contributed by atoms with Crippen molar-refractivity contribution in [3.05, 3.63) is 52.4 Å². The van der Waals surface area contributed by atoms with Crippen LogP contribution in [0.1, 0.15) is 21.8 Å². The molecule has 1 amide bonds. The molecule has 0 saturated carbocycles. The van der Waals surface area contributed by atoms with Crippen molar-refractivity contribution >= 4 is 17.5 Å². The summed E-state index contributed by atoms with van der Waals surface area (Å²) in [7, 11) is 0. The van der Waals surface area contributed by atoms with Crippen LogP contribution in [-0.4, -0.2) is 11.1 Å². The van der Waals surface area contributed by atoms with Crippen LogP contribution in [0, 0.1) is 6.92 Å². The normalized spacial score (nSPS) is 10.3. The van der Waals surface area contributed by atoms with E-state index in [1.807, 2.05) is 18.2 Å². The van der Waals surface area contributed by atoms with E-state index >= 15 is 0 Å². The summed E-state index contributed by atoms with van der Waals surface area (Å²) < 4.78 is 4.81. The Hall–Kier alpha value is -1.85. The number of hydrazine groups is 1. The Labute approximate surface area is 109 Å². The number of amides is 1. The van der Waals surface area contributed by atoms with Gasteiger partial charge in [0.15, 0.2) is 5.69 Å². The van der Waals surface area contributed by atoms with E-state index in [1.165, 1.54) is 0 Å². The largest absolute Gasteiger partial charge is 0.361 e. The average Bonchev–Trinajstić information content (AvgIpc) is 2.78. The lowest BCUT2D eigenvalue weighted by Gasteiger charge is -2.06. The van der Waals surface area contributed by atoms with Crippen LogP contribution < -0.4 is 10.9 Å². The lowest BCUT2D eigenvalue weighted by atomic mass is 10.2. The maximum atomic E-state index is 11.6. The summed E-state index contributed by atoms with van der Waals surface area (Å²) >= 11 is 5.98. The van der Waals surface area contributed by atoms with Gasteiger partial charge >= 0.3 is 0 Å². The molecule has 0 unspecified atom stereocenters. The van der Waals surface area contributed by atoms with E-state index in [0.29, 0.717) is 17.3 Å². The predicted octanol–water partition coefficient (Wildman–Crippen LogP) is 2.07. The number of nitrogens with one attached hydrogen (secondary N) is 2. The number of halogens is 1. The fourth-order valence-corrected chi connectivity index (χ4v) is 1.60. The number of benzene rings is 1. The SMILES string of the molecule is Cc1cc(C(=O)NNCc2ccccc2Cl)no1. The number of rotatable bonds is 4. The van der Waals surface area contributed by atoms with E-state index in [1.54, 1.807) is 19.1 Å². The van der Waals surface area contributed by atoms with Gasteiger partial charge in [-0.2, -0.15) is 0 Å². The lowest BCUT2D eigenvalue weighted by molar-refractivity contribution is 0.0923. The van der Waals surface area contributed by atoms with E-state index in [9.17, 15) is 4.79 Å². The minimum Gasteiger partial charge on any atom is -0.361 e. The Kier molecular flexibility index (Phi) is 3.96. The van der Waals surface area contributed by atoms with Crippen LogP contribution in [0.25, 0.3) is 0 Å². The number of carbonyl (C=O) groups excluding carboxylic acids is 1. The summed E-state index contributed by atoms with van der Waals surface area (Å²) in [5.74, 6) is 0.241. The van der Waals surface area contributed by atoms with Gasteiger partial charge in [-0.1, -0.05) is 35.0 Å². The van der Waals surface area contributed by atoms with Gasteiger partial charge in [-0.05, 0) is 18.6 Å². The smallest absolute Gasteiger partial charge is 0.287 e. The van der Waals surface area contributed by atoms with E-state index in [2.05, 4.69) is 16.0 Å². The van der Waals surface area contributed by atoms with Crippen molar-refractivity contribution in [2.24, 2.45) is 0 Å². The zero-order valence-corrected chi connectivity index (χ0v) is 10.5. The van der Waals surface area contributed by atoms with Crippen LogP contribution in [0.3, 0.4) is 0 Å². The van der Waals surface area contributed by atoms with Crippen molar-refractivity contribution in [3.63, 3.8) is 0 Å². The number of nitrogens with zero attached hydrogens (tertiary/aromatic N) is 1. The molecule has 1 aromatic heterocycles.